The Labute approximate surface area is 129 Å². The Kier molecular flexibility index (Phi) is 3.90. The van der Waals surface area contributed by atoms with Crippen molar-refractivity contribution in [3.63, 3.8) is 0 Å². The summed E-state index contributed by atoms with van der Waals surface area (Å²) in [6.07, 6.45) is 9.50. The molecule has 2 heterocycles. The number of carbonyl (C=O) groups is 1. The van der Waals surface area contributed by atoms with Gasteiger partial charge < -0.3 is 9.88 Å². The zero-order valence-electron chi connectivity index (χ0n) is 11.7. The minimum absolute atomic E-state index is 0.145. The molecule has 0 unspecified atom stereocenters. The van der Waals surface area contributed by atoms with Gasteiger partial charge in [-0.2, -0.15) is 0 Å². The Morgan fingerprint density at radius 1 is 1.43 bits per heavy atom. The van der Waals surface area contributed by atoms with Gasteiger partial charge in [0, 0.05) is 36.1 Å². The maximum absolute atomic E-state index is 12.4. The predicted octanol–water partition coefficient (Wildman–Crippen LogP) is 3.24. The molecule has 1 saturated heterocycles. The number of nitrogens with zero attached hydrogens (tertiary/aromatic N) is 1. The zero-order valence-corrected chi connectivity index (χ0v) is 12.5. The standard InChI is InChI=1S/C17H17ClN2O/c1-2-12-6-8-20(9-7-12)16(21)10-13-11-19-15-5-3-4-14(18)17(13)15/h1,3-5,11-12,19H,6-10H2. The average Bonchev–Trinajstić information content (AvgIpc) is 2.92. The molecule has 4 heteroatoms. The van der Waals surface area contributed by atoms with Crippen LogP contribution >= 0.6 is 11.6 Å². The van der Waals surface area contributed by atoms with Crippen molar-refractivity contribution in [3.8, 4) is 12.3 Å². The minimum Gasteiger partial charge on any atom is -0.361 e. The summed E-state index contributed by atoms with van der Waals surface area (Å²) in [4.78, 5) is 17.5. The summed E-state index contributed by atoms with van der Waals surface area (Å²) in [7, 11) is 0. The average molecular weight is 301 g/mol. The number of aromatic amines is 1. The molecule has 1 amide bonds. The van der Waals surface area contributed by atoms with Crippen molar-refractivity contribution in [2.24, 2.45) is 5.92 Å². The van der Waals surface area contributed by atoms with Crippen LogP contribution in [-0.4, -0.2) is 28.9 Å². The molecular weight excluding hydrogens is 284 g/mol. The van der Waals surface area contributed by atoms with Crippen LogP contribution in [-0.2, 0) is 11.2 Å². The molecule has 1 aromatic heterocycles. The second-order valence-corrected chi connectivity index (χ2v) is 5.88. The van der Waals surface area contributed by atoms with E-state index in [1.807, 2.05) is 29.3 Å². The molecule has 1 aliphatic rings. The molecule has 0 saturated carbocycles. The number of halogens is 1. The van der Waals surface area contributed by atoms with Gasteiger partial charge in [0.2, 0.25) is 5.91 Å². The number of terminal acetylenes is 1. The van der Waals surface area contributed by atoms with Gasteiger partial charge in [0.1, 0.15) is 0 Å². The van der Waals surface area contributed by atoms with Crippen LogP contribution in [0.2, 0.25) is 5.02 Å². The molecule has 0 radical (unpaired) electrons. The van der Waals surface area contributed by atoms with Gasteiger partial charge in [-0.15, -0.1) is 12.3 Å². The van der Waals surface area contributed by atoms with E-state index in [-0.39, 0.29) is 5.91 Å². The van der Waals surface area contributed by atoms with E-state index in [4.69, 9.17) is 18.0 Å². The summed E-state index contributed by atoms with van der Waals surface area (Å²) in [6, 6.07) is 5.72. The molecule has 0 aliphatic carbocycles. The third kappa shape index (κ3) is 2.77. The first-order valence-corrected chi connectivity index (χ1v) is 7.55. The van der Waals surface area contributed by atoms with Gasteiger partial charge in [0.25, 0.3) is 0 Å². The molecule has 1 N–H and O–H groups in total. The van der Waals surface area contributed by atoms with Crippen LogP contribution in [0.15, 0.2) is 24.4 Å². The van der Waals surface area contributed by atoms with Crippen molar-refractivity contribution in [1.82, 2.24) is 9.88 Å². The fraction of sp³-hybridized carbons (Fsp3) is 0.353. The molecule has 1 aromatic carbocycles. The summed E-state index contributed by atoms with van der Waals surface area (Å²) >= 11 is 6.24. The Morgan fingerprint density at radius 3 is 2.90 bits per heavy atom. The second kappa shape index (κ2) is 5.83. The summed E-state index contributed by atoms with van der Waals surface area (Å²) in [6.45, 7) is 1.51. The van der Waals surface area contributed by atoms with E-state index in [2.05, 4.69) is 10.9 Å². The number of rotatable bonds is 2. The van der Waals surface area contributed by atoms with E-state index in [0.717, 1.165) is 42.4 Å². The first-order valence-electron chi connectivity index (χ1n) is 7.17. The summed E-state index contributed by atoms with van der Waals surface area (Å²) < 4.78 is 0. The number of nitrogens with one attached hydrogen (secondary N) is 1. The fourth-order valence-electron chi connectivity index (χ4n) is 2.92. The van der Waals surface area contributed by atoms with Crippen molar-refractivity contribution < 1.29 is 4.79 Å². The highest BCUT2D eigenvalue weighted by Crippen LogP contribution is 2.27. The van der Waals surface area contributed by atoms with E-state index < -0.39 is 0 Å². The zero-order chi connectivity index (χ0) is 14.8. The van der Waals surface area contributed by atoms with Crippen LogP contribution in [0.4, 0.5) is 0 Å². The number of amides is 1. The molecule has 1 aliphatic heterocycles. The maximum atomic E-state index is 12.4. The van der Waals surface area contributed by atoms with Crippen molar-refractivity contribution in [2.75, 3.05) is 13.1 Å². The van der Waals surface area contributed by atoms with E-state index in [0.29, 0.717) is 17.4 Å². The lowest BCUT2D eigenvalue weighted by molar-refractivity contribution is -0.131. The number of H-pyrrole nitrogens is 1. The number of likely N-dealkylation sites (tertiary alicyclic amines) is 1. The fourth-order valence-corrected chi connectivity index (χ4v) is 3.21. The quantitative estimate of drug-likeness (QED) is 0.849. The van der Waals surface area contributed by atoms with Gasteiger partial charge in [-0.05, 0) is 30.5 Å². The second-order valence-electron chi connectivity index (χ2n) is 5.47. The highest BCUT2D eigenvalue weighted by atomic mass is 35.5. The smallest absolute Gasteiger partial charge is 0.227 e. The number of carbonyl (C=O) groups excluding carboxylic acids is 1. The first kappa shape index (κ1) is 14.0. The van der Waals surface area contributed by atoms with Crippen LogP contribution in [0.1, 0.15) is 18.4 Å². The van der Waals surface area contributed by atoms with Crippen LogP contribution in [0.25, 0.3) is 10.9 Å². The summed E-state index contributed by atoms with van der Waals surface area (Å²) in [5.74, 6) is 3.24. The lowest BCUT2D eigenvalue weighted by Crippen LogP contribution is -2.39. The third-order valence-electron chi connectivity index (χ3n) is 4.16. The Morgan fingerprint density at radius 2 is 2.19 bits per heavy atom. The molecule has 0 spiro atoms. The molecule has 108 valence electrons. The molecule has 0 bridgehead atoms. The van der Waals surface area contributed by atoms with Gasteiger partial charge >= 0.3 is 0 Å². The van der Waals surface area contributed by atoms with Crippen LogP contribution in [0.3, 0.4) is 0 Å². The highest BCUT2D eigenvalue weighted by molar-refractivity contribution is 6.35. The number of hydrogen-bond acceptors (Lipinski definition) is 1. The van der Waals surface area contributed by atoms with Crippen LogP contribution < -0.4 is 0 Å². The third-order valence-corrected chi connectivity index (χ3v) is 4.48. The van der Waals surface area contributed by atoms with Gasteiger partial charge in [0.05, 0.1) is 11.4 Å². The van der Waals surface area contributed by atoms with Gasteiger partial charge in [-0.3, -0.25) is 4.79 Å². The molecule has 0 atom stereocenters. The molecule has 1 fully saturated rings. The Balaban J connectivity index is 1.74. The van der Waals surface area contributed by atoms with Gasteiger partial charge in [-0.25, -0.2) is 0 Å². The monoisotopic (exact) mass is 300 g/mol. The normalized spacial score (nSPS) is 16.1. The van der Waals surface area contributed by atoms with Gasteiger partial charge in [-0.1, -0.05) is 17.7 Å². The van der Waals surface area contributed by atoms with Crippen molar-refractivity contribution in [3.05, 3.63) is 35.0 Å². The number of piperidine rings is 1. The van der Waals surface area contributed by atoms with Crippen LogP contribution in [0.5, 0.6) is 0 Å². The topological polar surface area (TPSA) is 36.1 Å². The molecule has 3 nitrogen and oxygen atoms in total. The summed E-state index contributed by atoms with van der Waals surface area (Å²) in [5.41, 5.74) is 1.93. The van der Waals surface area contributed by atoms with E-state index in [1.54, 1.807) is 0 Å². The van der Waals surface area contributed by atoms with Gasteiger partial charge in [0.15, 0.2) is 0 Å². The van der Waals surface area contributed by atoms with E-state index >= 15 is 0 Å². The molecular formula is C17H17ClN2O. The van der Waals surface area contributed by atoms with Crippen molar-refractivity contribution in [1.29, 1.82) is 0 Å². The SMILES string of the molecule is C#CC1CCN(C(=O)Cc2c[nH]c3cccc(Cl)c23)CC1. The van der Waals surface area contributed by atoms with Crippen molar-refractivity contribution in [2.45, 2.75) is 19.3 Å². The molecule has 2 aromatic rings. The number of fused-ring (bicyclic) bond motifs is 1. The number of hydrogen-bond donors (Lipinski definition) is 1. The molecule has 3 rings (SSSR count). The van der Waals surface area contributed by atoms with E-state index in [9.17, 15) is 4.79 Å². The van der Waals surface area contributed by atoms with Crippen molar-refractivity contribution >= 4 is 28.4 Å². The van der Waals surface area contributed by atoms with Crippen LogP contribution in [0, 0.1) is 18.3 Å². The van der Waals surface area contributed by atoms with E-state index in [1.165, 1.54) is 0 Å². The lowest BCUT2D eigenvalue weighted by atomic mass is 9.97. The largest absolute Gasteiger partial charge is 0.361 e. The minimum atomic E-state index is 0.145. The maximum Gasteiger partial charge on any atom is 0.227 e. The number of benzene rings is 1. The predicted molar refractivity (Wildman–Crippen MR) is 85.1 cm³/mol. The molecule has 21 heavy (non-hydrogen) atoms. The summed E-state index contributed by atoms with van der Waals surface area (Å²) in [5, 5.41) is 1.63. The number of aromatic nitrogens is 1. The lowest BCUT2D eigenvalue weighted by Gasteiger charge is -2.29. The Bertz CT molecular complexity index is 705. The highest BCUT2D eigenvalue weighted by Gasteiger charge is 2.22. The first-order chi connectivity index (χ1) is 10.2. The Hall–Kier alpha value is -1.92.